The molecule has 0 aromatic heterocycles. The molecule has 1 aliphatic heterocycles. The van der Waals surface area contributed by atoms with E-state index in [0.29, 0.717) is 5.56 Å². The topological polar surface area (TPSA) is 73.3 Å². The number of benzene rings is 1. The van der Waals surface area contributed by atoms with Gasteiger partial charge in [0.25, 0.3) is 0 Å². The Kier molecular flexibility index (Phi) is 4.24. The van der Waals surface area contributed by atoms with Gasteiger partial charge in [0.1, 0.15) is 5.84 Å². The maximum atomic E-state index is 9.45. The lowest BCUT2D eigenvalue weighted by molar-refractivity contribution is 0.240. The lowest BCUT2D eigenvalue weighted by Gasteiger charge is -2.37. The Morgan fingerprint density at radius 1 is 1.50 bits per heavy atom. The van der Waals surface area contributed by atoms with Gasteiger partial charge in [0.15, 0.2) is 0 Å². The molecule has 98 valence electrons. The van der Waals surface area contributed by atoms with E-state index in [0.717, 1.165) is 29.5 Å². The highest BCUT2D eigenvalue weighted by atomic mass is 79.9. The minimum absolute atomic E-state index is 0.0691. The average Bonchev–Trinajstić information content (AvgIpc) is 2.38. The SMILES string of the molecule is N=C(N)c1ccc(N2CCCCC2CO)c(Br)c1. The van der Waals surface area contributed by atoms with Crippen LogP contribution in [0.5, 0.6) is 0 Å². The van der Waals surface area contributed by atoms with Gasteiger partial charge >= 0.3 is 0 Å². The standard InChI is InChI=1S/C13H18BrN3O/c14-11-7-9(13(15)16)4-5-12(11)17-6-2-1-3-10(17)8-18/h4-5,7,10,18H,1-3,6,8H2,(H3,15,16). The van der Waals surface area contributed by atoms with Crippen LogP contribution < -0.4 is 10.6 Å². The smallest absolute Gasteiger partial charge is 0.122 e. The minimum Gasteiger partial charge on any atom is -0.394 e. The number of hydrogen-bond acceptors (Lipinski definition) is 3. The molecule has 0 bridgehead atoms. The normalized spacial score (nSPS) is 19.9. The molecule has 18 heavy (non-hydrogen) atoms. The Morgan fingerprint density at radius 2 is 2.28 bits per heavy atom. The molecule has 0 saturated carbocycles. The molecular weight excluding hydrogens is 294 g/mol. The van der Waals surface area contributed by atoms with E-state index in [9.17, 15) is 5.11 Å². The van der Waals surface area contributed by atoms with Crippen molar-refractivity contribution in [1.82, 2.24) is 0 Å². The summed E-state index contributed by atoms with van der Waals surface area (Å²) in [5.41, 5.74) is 7.25. The second-order valence-corrected chi connectivity index (χ2v) is 5.46. The number of nitrogens with two attached hydrogens (primary N) is 1. The number of nitrogens with one attached hydrogen (secondary N) is 1. The first kappa shape index (κ1) is 13.4. The summed E-state index contributed by atoms with van der Waals surface area (Å²) in [5.74, 6) is 0.0691. The molecule has 5 heteroatoms. The average molecular weight is 312 g/mol. The van der Waals surface area contributed by atoms with Crippen LogP contribution >= 0.6 is 15.9 Å². The maximum Gasteiger partial charge on any atom is 0.122 e. The number of rotatable bonds is 3. The van der Waals surface area contributed by atoms with Crippen molar-refractivity contribution in [3.05, 3.63) is 28.2 Å². The molecule has 1 fully saturated rings. The Morgan fingerprint density at radius 3 is 2.89 bits per heavy atom. The summed E-state index contributed by atoms with van der Waals surface area (Å²) >= 11 is 3.53. The van der Waals surface area contributed by atoms with Crippen molar-refractivity contribution in [3.8, 4) is 0 Å². The summed E-state index contributed by atoms with van der Waals surface area (Å²) in [6.07, 6.45) is 3.35. The summed E-state index contributed by atoms with van der Waals surface area (Å²) in [6.45, 7) is 1.14. The number of halogens is 1. The van der Waals surface area contributed by atoms with E-state index in [2.05, 4.69) is 20.8 Å². The Hall–Kier alpha value is -1.07. The Bertz CT molecular complexity index is 450. The highest BCUT2D eigenvalue weighted by Crippen LogP contribution is 2.32. The van der Waals surface area contributed by atoms with Crippen LogP contribution in [0.15, 0.2) is 22.7 Å². The highest BCUT2D eigenvalue weighted by Gasteiger charge is 2.23. The lowest BCUT2D eigenvalue weighted by Crippen LogP contribution is -2.42. The van der Waals surface area contributed by atoms with E-state index < -0.39 is 0 Å². The van der Waals surface area contributed by atoms with E-state index in [4.69, 9.17) is 11.1 Å². The third-order valence-corrected chi connectivity index (χ3v) is 4.04. The third-order valence-electron chi connectivity index (χ3n) is 3.41. The lowest BCUT2D eigenvalue weighted by atomic mass is 10.0. The van der Waals surface area contributed by atoms with E-state index in [-0.39, 0.29) is 18.5 Å². The molecule has 4 N–H and O–H groups in total. The van der Waals surface area contributed by atoms with Crippen LogP contribution in [-0.4, -0.2) is 30.1 Å². The van der Waals surface area contributed by atoms with Crippen molar-refractivity contribution >= 4 is 27.5 Å². The van der Waals surface area contributed by atoms with Crippen molar-refractivity contribution in [1.29, 1.82) is 5.41 Å². The first-order valence-corrected chi connectivity index (χ1v) is 6.94. The largest absolute Gasteiger partial charge is 0.394 e. The number of amidine groups is 1. The minimum atomic E-state index is 0.0691. The predicted molar refractivity (Wildman–Crippen MR) is 77.2 cm³/mol. The van der Waals surface area contributed by atoms with Crippen molar-refractivity contribution in [2.45, 2.75) is 25.3 Å². The summed E-state index contributed by atoms with van der Waals surface area (Å²) in [4.78, 5) is 2.23. The molecule has 1 saturated heterocycles. The van der Waals surface area contributed by atoms with Crippen LogP contribution in [0.25, 0.3) is 0 Å². The predicted octanol–water partition coefficient (Wildman–Crippen LogP) is 2.08. The molecule has 1 aliphatic rings. The summed E-state index contributed by atoms with van der Waals surface area (Å²) in [7, 11) is 0. The van der Waals surface area contributed by atoms with Gasteiger partial charge in [-0.15, -0.1) is 0 Å². The van der Waals surface area contributed by atoms with Crippen LogP contribution in [0, 0.1) is 5.41 Å². The fourth-order valence-corrected chi connectivity index (χ4v) is 3.02. The van der Waals surface area contributed by atoms with Crippen molar-refractivity contribution in [2.24, 2.45) is 5.73 Å². The molecule has 1 aromatic carbocycles. The molecule has 1 aromatic rings. The second-order valence-electron chi connectivity index (χ2n) is 4.61. The fraction of sp³-hybridized carbons (Fsp3) is 0.462. The van der Waals surface area contributed by atoms with Gasteiger partial charge < -0.3 is 15.7 Å². The molecule has 1 heterocycles. The van der Waals surface area contributed by atoms with Crippen LogP contribution in [0.3, 0.4) is 0 Å². The molecule has 1 unspecified atom stereocenters. The molecule has 4 nitrogen and oxygen atoms in total. The molecule has 0 radical (unpaired) electrons. The molecule has 1 atom stereocenters. The Labute approximate surface area is 115 Å². The van der Waals surface area contributed by atoms with Gasteiger partial charge in [-0.3, -0.25) is 5.41 Å². The van der Waals surface area contributed by atoms with Gasteiger partial charge in [0.05, 0.1) is 18.3 Å². The second kappa shape index (κ2) is 5.71. The van der Waals surface area contributed by atoms with E-state index >= 15 is 0 Å². The van der Waals surface area contributed by atoms with Crippen molar-refractivity contribution in [2.75, 3.05) is 18.1 Å². The number of nitrogen functional groups attached to an aromatic ring is 1. The number of anilines is 1. The monoisotopic (exact) mass is 311 g/mol. The van der Waals surface area contributed by atoms with E-state index in [1.54, 1.807) is 0 Å². The van der Waals surface area contributed by atoms with Gasteiger partial charge in [0.2, 0.25) is 0 Å². The van der Waals surface area contributed by atoms with E-state index in [1.807, 2.05) is 18.2 Å². The van der Waals surface area contributed by atoms with Crippen LogP contribution in [-0.2, 0) is 0 Å². The number of aliphatic hydroxyl groups excluding tert-OH is 1. The third kappa shape index (κ3) is 2.67. The van der Waals surface area contributed by atoms with Crippen molar-refractivity contribution in [3.63, 3.8) is 0 Å². The van der Waals surface area contributed by atoms with Crippen LogP contribution in [0.4, 0.5) is 5.69 Å². The van der Waals surface area contributed by atoms with Crippen molar-refractivity contribution < 1.29 is 5.11 Å². The van der Waals surface area contributed by atoms with Crippen LogP contribution in [0.2, 0.25) is 0 Å². The first-order valence-electron chi connectivity index (χ1n) is 6.15. The molecule has 0 spiro atoms. The number of piperidine rings is 1. The fourth-order valence-electron chi connectivity index (χ4n) is 2.41. The van der Waals surface area contributed by atoms with Gasteiger partial charge in [0, 0.05) is 16.6 Å². The zero-order chi connectivity index (χ0) is 13.1. The number of aliphatic hydroxyl groups is 1. The zero-order valence-corrected chi connectivity index (χ0v) is 11.8. The molecule has 0 amide bonds. The first-order chi connectivity index (χ1) is 8.63. The van der Waals surface area contributed by atoms with Crippen LogP contribution in [0.1, 0.15) is 24.8 Å². The zero-order valence-electron chi connectivity index (χ0n) is 10.2. The van der Waals surface area contributed by atoms with Gasteiger partial charge in [-0.1, -0.05) is 0 Å². The molecule has 2 rings (SSSR count). The number of hydrogen-bond donors (Lipinski definition) is 3. The number of nitrogens with zero attached hydrogens (tertiary/aromatic N) is 1. The van der Waals surface area contributed by atoms with Gasteiger partial charge in [-0.25, -0.2) is 0 Å². The Balaban J connectivity index is 2.29. The molecular formula is C13H18BrN3O. The maximum absolute atomic E-state index is 9.45. The molecule has 0 aliphatic carbocycles. The summed E-state index contributed by atoms with van der Waals surface area (Å²) < 4.78 is 0.926. The summed E-state index contributed by atoms with van der Waals surface area (Å²) in [5, 5.41) is 16.9. The summed E-state index contributed by atoms with van der Waals surface area (Å²) in [6, 6.07) is 5.87. The van der Waals surface area contributed by atoms with Gasteiger partial charge in [-0.2, -0.15) is 0 Å². The van der Waals surface area contributed by atoms with Gasteiger partial charge in [-0.05, 0) is 53.4 Å². The highest BCUT2D eigenvalue weighted by molar-refractivity contribution is 9.10. The quantitative estimate of drug-likeness (QED) is 0.591. The van der Waals surface area contributed by atoms with E-state index in [1.165, 1.54) is 6.42 Å².